The largest absolute Gasteiger partial charge is 0.486 e. The summed E-state index contributed by atoms with van der Waals surface area (Å²) in [5, 5.41) is 12.0. The predicted molar refractivity (Wildman–Crippen MR) is 116 cm³/mol. The highest BCUT2D eigenvalue weighted by Gasteiger charge is 2.12. The number of rotatable bonds is 8. The smallest absolute Gasteiger partial charge is 0.234 e. The van der Waals surface area contributed by atoms with Gasteiger partial charge in [-0.05, 0) is 61.2 Å². The molecule has 7 heteroatoms. The van der Waals surface area contributed by atoms with Gasteiger partial charge in [-0.2, -0.15) is 0 Å². The summed E-state index contributed by atoms with van der Waals surface area (Å²) in [6, 6.07) is 14.0. The molecule has 0 aliphatic rings. The van der Waals surface area contributed by atoms with Crippen molar-refractivity contribution in [1.82, 2.24) is 14.8 Å². The monoisotopic (exact) mass is 410 g/mol. The number of carbonyl (C=O) groups excluding carboxylic acids is 1. The van der Waals surface area contributed by atoms with Gasteiger partial charge in [0.1, 0.15) is 12.4 Å². The number of amides is 1. The second-order valence-electron chi connectivity index (χ2n) is 6.96. The first-order valence-electron chi connectivity index (χ1n) is 9.55. The van der Waals surface area contributed by atoms with E-state index < -0.39 is 0 Å². The van der Waals surface area contributed by atoms with Crippen molar-refractivity contribution in [1.29, 1.82) is 0 Å². The van der Waals surface area contributed by atoms with Crippen molar-refractivity contribution in [2.24, 2.45) is 7.05 Å². The summed E-state index contributed by atoms with van der Waals surface area (Å²) < 4.78 is 7.72. The molecule has 0 saturated heterocycles. The Morgan fingerprint density at radius 1 is 1.10 bits per heavy atom. The molecule has 0 radical (unpaired) electrons. The van der Waals surface area contributed by atoms with Gasteiger partial charge in [0.2, 0.25) is 5.91 Å². The first-order valence-corrected chi connectivity index (χ1v) is 10.5. The van der Waals surface area contributed by atoms with Crippen LogP contribution in [-0.2, 0) is 24.9 Å². The van der Waals surface area contributed by atoms with Crippen molar-refractivity contribution in [3.8, 4) is 5.75 Å². The van der Waals surface area contributed by atoms with Crippen molar-refractivity contribution < 1.29 is 9.53 Å². The number of hydrogen-bond acceptors (Lipinski definition) is 5. The Kier molecular flexibility index (Phi) is 6.93. The third kappa shape index (κ3) is 5.84. The molecule has 0 saturated carbocycles. The lowest BCUT2D eigenvalue weighted by atomic mass is 10.1. The van der Waals surface area contributed by atoms with Gasteiger partial charge in [-0.15, -0.1) is 10.2 Å². The van der Waals surface area contributed by atoms with E-state index in [2.05, 4.69) is 28.5 Å². The molecule has 2 aromatic carbocycles. The second-order valence-corrected chi connectivity index (χ2v) is 7.90. The normalized spacial score (nSPS) is 10.8. The zero-order valence-corrected chi connectivity index (χ0v) is 18.0. The Labute approximate surface area is 175 Å². The number of hydrogen-bond donors (Lipinski definition) is 1. The first kappa shape index (κ1) is 20.9. The van der Waals surface area contributed by atoms with E-state index >= 15 is 0 Å². The fourth-order valence-electron chi connectivity index (χ4n) is 2.91. The number of aryl methyl sites for hydroxylation is 3. The zero-order valence-electron chi connectivity index (χ0n) is 17.2. The number of carbonyl (C=O) groups is 1. The van der Waals surface area contributed by atoms with E-state index in [-0.39, 0.29) is 11.7 Å². The average molecular weight is 411 g/mol. The molecule has 0 unspecified atom stereocenters. The molecule has 152 valence electrons. The number of benzene rings is 2. The molecule has 1 heterocycles. The molecular formula is C22H26N4O2S. The van der Waals surface area contributed by atoms with E-state index in [1.54, 1.807) is 0 Å². The van der Waals surface area contributed by atoms with Crippen LogP contribution in [0.1, 0.15) is 29.4 Å². The molecule has 3 rings (SSSR count). The maximum absolute atomic E-state index is 12.2. The first-order chi connectivity index (χ1) is 13.9. The molecule has 0 atom stereocenters. The van der Waals surface area contributed by atoms with E-state index in [4.69, 9.17) is 4.74 Å². The van der Waals surface area contributed by atoms with Crippen molar-refractivity contribution in [3.05, 3.63) is 65.0 Å². The third-order valence-corrected chi connectivity index (χ3v) is 5.49. The highest BCUT2D eigenvalue weighted by Crippen LogP contribution is 2.20. The lowest BCUT2D eigenvalue weighted by molar-refractivity contribution is -0.113. The van der Waals surface area contributed by atoms with Crippen LogP contribution in [0, 0.1) is 13.8 Å². The molecular weight excluding hydrogens is 384 g/mol. The molecule has 29 heavy (non-hydrogen) atoms. The maximum Gasteiger partial charge on any atom is 0.234 e. The molecule has 3 aromatic rings. The predicted octanol–water partition coefficient (Wildman–Crippen LogP) is 4.30. The minimum absolute atomic E-state index is 0.0738. The van der Waals surface area contributed by atoms with Crippen molar-refractivity contribution >= 4 is 23.4 Å². The van der Waals surface area contributed by atoms with E-state index in [9.17, 15) is 4.79 Å². The minimum atomic E-state index is -0.0738. The highest BCUT2D eigenvalue weighted by molar-refractivity contribution is 7.99. The fourth-order valence-corrected chi connectivity index (χ4v) is 3.64. The van der Waals surface area contributed by atoms with Crippen LogP contribution in [0.3, 0.4) is 0 Å². The molecule has 1 aromatic heterocycles. The fraction of sp³-hybridized carbons (Fsp3) is 0.318. The summed E-state index contributed by atoms with van der Waals surface area (Å²) >= 11 is 1.35. The number of anilines is 1. The van der Waals surface area contributed by atoms with Gasteiger partial charge in [-0.3, -0.25) is 4.79 Å². The van der Waals surface area contributed by atoms with Crippen LogP contribution in [0.4, 0.5) is 5.69 Å². The van der Waals surface area contributed by atoms with E-state index in [0.717, 1.165) is 29.0 Å². The molecule has 0 spiro atoms. The van der Waals surface area contributed by atoms with Crippen LogP contribution in [-0.4, -0.2) is 26.4 Å². The minimum Gasteiger partial charge on any atom is -0.486 e. The summed E-state index contributed by atoms with van der Waals surface area (Å²) in [4.78, 5) is 12.2. The highest BCUT2D eigenvalue weighted by atomic mass is 32.2. The van der Waals surface area contributed by atoms with Gasteiger partial charge >= 0.3 is 0 Å². The summed E-state index contributed by atoms with van der Waals surface area (Å²) in [7, 11) is 1.88. The van der Waals surface area contributed by atoms with Gasteiger partial charge in [0, 0.05) is 12.7 Å². The molecule has 0 aliphatic carbocycles. The lowest BCUT2D eigenvalue weighted by Crippen LogP contribution is -2.14. The van der Waals surface area contributed by atoms with Crippen LogP contribution in [0.15, 0.2) is 47.6 Å². The van der Waals surface area contributed by atoms with Crippen molar-refractivity contribution in [2.45, 2.75) is 39.0 Å². The van der Waals surface area contributed by atoms with Crippen LogP contribution >= 0.6 is 11.8 Å². The van der Waals surface area contributed by atoms with Gasteiger partial charge in [0.25, 0.3) is 0 Å². The van der Waals surface area contributed by atoms with E-state index in [1.165, 1.54) is 17.3 Å². The van der Waals surface area contributed by atoms with Gasteiger partial charge in [0.15, 0.2) is 11.0 Å². The summed E-state index contributed by atoms with van der Waals surface area (Å²) in [6.07, 6.45) is 0.978. The zero-order chi connectivity index (χ0) is 20.8. The van der Waals surface area contributed by atoms with E-state index in [0.29, 0.717) is 17.6 Å². The van der Waals surface area contributed by atoms with Gasteiger partial charge in [-0.25, -0.2) is 0 Å². The Hall–Kier alpha value is -2.80. The summed E-state index contributed by atoms with van der Waals surface area (Å²) in [6.45, 7) is 6.51. The van der Waals surface area contributed by atoms with Crippen LogP contribution in [0.2, 0.25) is 0 Å². The van der Waals surface area contributed by atoms with Crippen LogP contribution in [0.5, 0.6) is 5.75 Å². The van der Waals surface area contributed by atoms with Crippen molar-refractivity contribution in [2.75, 3.05) is 11.1 Å². The number of nitrogens with zero attached hydrogens (tertiary/aromatic N) is 3. The molecule has 1 amide bonds. The summed E-state index contributed by atoms with van der Waals surface area (Å²) in [5.41, 5.74) is 4.36. The SMILES string of the molecule is CCc1ccc(NC(=O)CSc2nnc(COc3cc(C)cc(C)c3)n2C)cc1. The quantitative estimate of drug-likeness (QED) is 0.561. The number of aromatic nitrogens is 3. The van der Waals surface area contributed by atoms with Gasteiger partial charge < -0.3 is 14.6 Å². The Bertz CT molecular complexity index is 963. The maximum atomic E-state index is 12.2. The topological polar surface area (TPSA) is 69.0 Å². The summed E-state index contributed by atoms with van der Waals surface area (Å²) in [5.74, 6) is 1.71. The van der Waals surface area contributed by atoms with E-state index in [1.807, 2.05) is 61.9 Å². The van der Waals surface area contributed by atoms with Crippen molar-refractivity contribution in [3.63, 3.8) is 0 Å². The number of ether oxygens (including phenoxy) is 1. The average Bonchev–Trinajstić information content (AvgIpc) is 3.04. The van der Waals surface area contributed by atoms with Gasteiger partial charge in [0.05, 0.1) is 5.75 Å². The molecule has 6 nitrogen and oxygen atoms in total. The molecule has 0 bridgehead atoms. The second kappa shape index (κ2) is 9.60. The Morgan fingerprint density at radius 3 is 2.45 bits per heavy atom. The Morgan fingerprint density at radius 2 is 1.79 bits per heavy atom. The van der Waals surface area contributed by atoms with Gasteiger partial charge in [-0.1, -0.05) is 36.9 Å². The van der Waals surface area contributed by atoms with Crippen LogP contribution < -0.4 is 10.1 Å². The molecule has 1 N–H and O–H groups in total. The lowest BCUT2D eigenvalue weighted by Gasteiger charge is -2.08. The third-order valence-electron chi connectivity index (χ3n) is 4.47. The number of thioether (sulfide) groups is 1. The van der Waals surface area contributed by atoms with Crippen LogP contribution in [0.25, 0.3) is 0 Å². The molecule has 0 fully saturated rings. The Balaban J connectivity index is 1.52. The standard InChI is InChI=1S/C22H26N4O2S/c1-5-17-6-8-18(9-7-17)23-21(27)14-29-22-25-24-20(26(22)4)13-28-19-11-15(2)10-16(3)12-19/h6-12H,5,13-14H2,1-4H3,(H,23,27). The number of nitrogens with one attached hydrogen (secondary N) is 1. The molecule has 0 aliphatic heterocycles.